The molecular formula is C20H29N5S. The van der Waals surface area contributed by atoms with E-state index in [1.54, 1.807) is 11.8 Å². The third-order valence-electron chi connectivity index (χ3n) is 6.23. The van der Waals surface area contributed by atoms with E-state index >= 15 is 0 Å². The van der Waals surface area contributed by atoms with Gasteiger partial charge in [0.2, 0.25) is 5.82 Å². The first-order valence-corrected chi connectivity index (χ1v) is 11.2. The zero-order valence-electron chi connectivity index (χ0n) is 15.7. The van der Waals surface area contributed by atoms with E-state index in [0.717, 1.165) is 24.5 Å². The molecule has 4 rings (SSSR count). The van der Waals surface area contributed by atoms with Gasteiger partial charge in [0.05, 0.1) is 6.54 Å². The van der Waals surface area contributed by atoms with Crippen LogP contribution in [-0.2, 0) is 6.54 Å². The molecule has 0 amide bonds. The molecule has 2 heterocycles. The van der Waals surface area contributed by atoms with Crippen LogP contribution in [-0.4, -0.2) is 39.0 Å². The minimum Gasteiger partial charge on any atom is -0.312 e. The van der Waals surface area contributed by atoms with Crippen molar-refractivity contribution in [1.29, 1.82) is 0 Å². The maximum Gasteiger partial charge on any atom is 0.204 e. The molecule has 1 aromatic carbocycles. The zero-order chi connectivity index (χ0) is 17.8. The summed E-state index contributed by atoms with van der Waals surface area (Å²) in [6.45, 7) is 1.94. The Hall–Kier alpha value is -1.40. The van der Waals surface area contributed by atoms with Gasteiger partial charge in [-0.3, -0.25) is 0 Å². The lowest BCUT2D eigenvalue weighted by molar-refractivity contribution is 0.0925. The highest BCUT2D eigenvalue weighted by atomic mass is 32.2. The molecule has 2 aromatic rings. The van der Waals surface area contributed by atoms with E-state index in [9.17, 15) is 0 Å². The summed E-state index contributed by atoms with van der Waals surface area (Å²) < 4.78 is 0. The summed E-state index contributed by atoms with van der Waals surface area (Å²) in [6, 6.07) is 8.86. The number of thioether (sulfide) groups is 1. The molecule has 6 heteroatoms. The lowest BCUT2D eigenvalue weighted by atomic mass is 9.69. The van der Waals surface area contributed by atoms with Crippen LogP contribution in [0.5, 0.6) is 0 Å². The number of tetrazole rings is 1. The van der Waals surface area contributed by atoms with Crippen molar-refractivity contribution in [3.63, 3.8) is 0 Å². The SMILES string of the molecule is CSc1ccc(-c2nnn(CC3NCCCC34CCCCCC4)n2)cc1. The monoisotopic (exact) mass is 371 g/mol. The average Bonchev–Trinajstić information content (AvgIpc) is 3.03. The number of nitrogens with zero attached hydrogens (tertiary/aromatic N) is 4. The number of nitrogens with one attached hydrogen (secondary N) is 1. The molecule has 1 spiro atoms. The van der Waals surface area contributed by atoms with Gasteiger partial charge in [-0.2, -0.15) is 4.80 Å². The lowest BCUT2D eigenvalue weighted by Gasteiger charge is -2.44. The maximum atomic E-state index is 4.68. The minimum absolute atomic E-state index is 0.433. The number of hydrogen-bond acceptors (Lipinski definition) is 5. The Bertz CT molecular complexity index is 703. The number of rotatable bonds is 4. The molecule has 0 radical (unpaired) electrons. The predicted octanol–water partition coefficient (Wildman–Crippen LogP) is 4.15. The van der Waals surface area contributed by atoms with Gasteiger partial charge in [-0.25, -0.2) is 0 Å². The van der Waals surface area contributed by atoms with Crippen molar-refractivity contribution >= 4 is 11.8 Å². The Labute approximate surface area is 160 Å². The lowest BCUT2D eigenvalue weighted by Crippen LogP contribution is -2.52. The fraction of sp³-hybridized carbons (Fsp3) is 0.650. The Balaban J connectivity index is 1.49. The molecular weight excluding hydrogens is 342 g/mol. The van der Waals surface area contributed by atoms with Gasteiger partial charge >= 0.3 is 0 Å². The van der Waals surface area contributed by atoms with E-state index in [1.807, 2.05) is 4.80 Å². The van der Waals surface area contributed by atoms with Crippen LogP contribution in [0.2, 0.25) is 0 Å². The standard InChI is InChI=1S/C20H29N5S/c1-26-17-9-7-16(8-10-17)19-22-24-25(23-19)15-18-20(13-6-14-21-18)11-4-2-3-5-12-20/h7-10,18,21H,2-6,11-15H2,1H3. The Morgan fingerprint density at radius 3 is 2.54 bits per heavy atom. The van der Waals surface area contributed by atoms with Crippen LogP contribution in [0, 0.1) is 5.41 Å². The summed E-state index contributed by atoms with van der Waals surface area (Å²) >= 11 is 1.75. The minimum atomic E-state index is 0.433. The molecule has 2 aliphatic rings. The third-order valence-corrected chi connectivity index (χ3v) is 6.97. The van der Waals surface area contributed by atoms with Gasteiger partial charge < -0.3 is 5.32 Å². The molecule has 1 saturated heterocycles. The maximum absolute atomic E-state index is 4.68. The summed E-state index contributed by atoms with van der Waals surface area (Å²) in [5, 5.41) is 17.1. The first-order valence-electron chi connectivity index (χ1n) is 9.95. The highest BCUT2D eigenvalue weighted by Gasteiger charge is 2.40. The molecule has 2 fully saturated rings. The van der Waals surface area contributed by atoms with Crippen molar-refractivity contribution < 1.29 is 0 Å². The van der Waals surface area contributed by atoms with E-state index < -0.39 is 0 Å². The van der Waals surface area contributed by atoms with Gasteiger partial charge in [0, 0.05) is 16.5 Å². The summed E-state index contributed by atoms with van der Waals surface area (Å²) in [6.07, 6.45) is 13.0. The summed E-state index contributed by atoms with van der Waals surface area (Å²) in [4.78, 5) is 3.07. The molecule has 26 heavy (non-hydrogen) atoms. The van der Waals surface area contributed by atoms with Gasteiger partial charge in [-0.15, -0.1) is 22.0 Å². The first-order chi connectivity index (χ1) is 12.8. The van der Waals surface area contributed by atoms with E-state index in [-0.39, 0.29) is 0 Å². The van der Waals surface area contributed by atoms with E-state index in [2.05, 4.69) is 51.2 Å². The first kappa shape index (κ1) is 18.0. The Morgan fingerprint density at radius 1 is 1.08 bits per heavy atom. The van der Waals surface area contributed by atoms with E-state index in [4.69, 9.17) is 0 Å². The fourth-order valence-electron chi connectivity index (χ4n) is 4.74. The van der Waals surface area contributed by atoms with E-state index in [1.165, 1.54) is 56.3 Å². The number of hydrogen-bond donors (Lipinski definition) is 1. The van der Waals surface area contributed by atoms with Crippen LogP contribution in [0.3, 0.4) is 0 Å². The van der Waals surface area contributed by atoms with Crippen LogP contribution in [0.1, 0.15) is 51.4 Å². The molecule has 1 aliphatic carbocycles. The number of piperidine rings is 1. The molecule has 0 bridgehead atoms. The molecule has 1 atom stereocenters. The topological polar surface area (TPSA) is 55.6 Å². The van der Waals surface area contributed by atoms with Gasteiger partial charge in [-0.1, -0.05) is 25.7 Å². The van der Waals surface area contributed by atoms with Crippen LogP contribution >= 0.6 is 11.8 Å². The summed E-state index contributed by atoms with van der Waals surface area (Å²) in [5.41, 5.74) is 1.47. The van der Waals surface area contributed by atoms with Gasteiger partial charge in [0.25, 0.3) is 0 Å². The van der Waals surface area contributed by atoms with Crippen molar-refractivity contribution in [2.24, 2.45) is 5.41 Å². The smallest absolute Gasteiger partial charge is 0.204 e. The molecule has 1 aromatic heterocycles. The van der Waals surface area contributed by atoms with Crippen molar-refractivity contribution in [1.82, 2.24) is 25.5 Å². The number of aromatic nitrogens is 4. The predicted molar refractivity (Wildman–Crippen MR) is 106 cm³/mol. The summed E-state index contributed by atoms with van der Waals surface area (Å²) in [7, 11) is 0. The molecule has 1 aliphatic heterocycles. The van der Waals surface area contributed by atoms with Crippen molar-refractivity contribution in [2.75, 3.05) is 12.8 Å². The Morgan fingerprint density at radius 2 is 1.81 bits per heavy atom. The largest absolute Gasteiger partial charge is 0.312 e. The van der Waals surface area contributed by atoms with Crippen LogP contribution in [0.4, 0.5) is 0 Å². The van der Waals surface area contributed by atoms with Crippen LogP contribution in [0.25, 0.3) is 11.4 Å². The normalized spacial score (nSPS) is 23.0. The van der Waals surface area contributed by atoms with Gasteiger partial charge in [-0.05, 0) is 73.4 Å². The van der Waals surface area contributed by atoms with Gasteiger partial charge in [0.1, 0.15) is 0 Å². The van der Waals surface area contributed by atoms with Crippen LogP contribution < -0.4 is 5.32 Å². The summed E-state index contributed by atoms with van der Waals surface area (Å²) in [5.74, 6) is 0.725. The highest BCUT2D eigenvalue weighted by Crippen LogP contribution is 2.44. The zero-order valence-corrected chi connectivity index (χ0v) is 16.5. The van der Waals surface area contributed by atoms with Crippen molar-refractivity contribution in [2.45, 2.75) is 68.8 Å². The Kier molecular flexibility index (Phi) is 5.60. The third kappa shape index (κ3) is 3.81. The molecule has 1 N–H and O–H groups in total. The molecule has 1 unspecified atom stereocenters. The highest BCUT2D eigenvalue weighted by molar-refractivity contribution is 7.98. The molecule has 140 valence electrons. The van der Waals surface area contributed by atoms with Gasteiger partial charge in [0.15, 0.2) is 0 Å². The second kappa shape index (κ2) is 8.09. The van der Waals surface area contributed by atoms with Crippen molar-refractivity contribution in [3.05, 3.63) is 24.3 Å². The number of benzene rings is 1. The second-order valence-electron chi connectivity index (χ2n) is 7.78. The quantitative estimate of drug-likeness (QED) is 0.818. The van der Waals surface area contributed by atoms with Crippen molar-refractivity contribution in [3.8, 4) is 11.4 Å². The van der Waals surface area contributed by atoms with Crippen LogP contribution in [0.15, 0.2) is 29.2 Å². The van der Waals surface area contributed by atoms with E-state index in [0.29, 0.717) is 11.5 Å². The second-order valence-corrected chi connectivity index (χ2v) is 8.66. The molecule has 1 saturated carbocycles. The fourth-order valence-corrected chi connectivity index (χ4v) is 5.14. The average molecular weight is 372 g/mol. The molecule has 5 nitrogen and oxygen atoms in total.